The molecular formula is C22H23NO3. The number of nitrogens with one attached hydrogen (secondary N) is 1. The van der Waals surface area contributed by atoms with E-state index in [0.717, 1.165) is 27.6 Å². The van der Waals surface area contributed by atoms with Crippen molar-refractivity contribution < 1.29 is 14.3 Å². The molecular weight excluding hydrogens is 326 g/mol. The molecule has 3 rings (SSSR count). The molecule has 1 atom stereocenters. The number of aryl methyl sites for hydroxylation is 1. The fourth-order valence-electron chi connectivity index (χ4n) is 2.96. The van der Waals surface area contributed by atoms with E-state index >= 15 is 0 Å². The zero-order chi connectivity index (χ0) is 18.5. The summed E-state index contributed by atoms with van der Waals surface area (Å²) in [5, 5.41) is 5.19. The minimum atomic E-state index is -0.172. The molecule has 0 heterocycles. The van der Waals surface area contributed by atoms with Gasteiger partial charge in [-0.25, -0.2) is 0 Å². The SMILES string of the molecule is COc1ccc(C)cc1[C@@H](C)NC(=O)COc1ccc2ccccc2c1. The summed E-state index contributed by atoms with van der Waals surface area (Å²) < 4.78 is 11.0. The van der Waals surface area contributed by atoms with Gasteiger partial charge in [-0.05, 0) is 42.8 Å². The Morgan fingerprint density at radius 1 is 1.04 bits per heavy atom. The van der Waals surface area contributed by atoms with Crippen molar-refractivity contribution in [1.82, 2.24) is 5.32 Å². The van der Waals surface area contributed by atoms with Gasteiger partial charge < -0.3 is 14.8 Å². The van der Waals surface area contributed by atoms with Crippen LogP contribution in [0.4, 0.5) is 0 Å². The van der Waals surface area contributed by atoms with Crippen molar-refractivity contribution >= 4 is 16.7 Å². The van der Waals surface area contributed by atoms with Gasteiger partial charge >= 0.3 is 0 Å². The Hall–Kier alpha value is -3.01. The van der Waals surface area contributed by atoms with E-state index in [1.165, 1.54) is 0 Å². The van der Waals surface area contributed by atoms with Gasteiger partial charge in [-0.1, -0.05) is 48.0 Å². The van der Waals surface area contributed by atoms with Gasteiger partial charge in [-0.2, -0.15) is 0 Å². The van der Waals surface area contributed by atoms with E-state index in [2.05, 4.69) is 5.32 Å². The fraction of sp³-hybridized carbons (Fsp3) is 0.227. The molecule has 4 nitrogen and oxygen atoms in total. The number of fused-ring (bicyclic) bond motifs is 1. The molecule has 1 amide bonds. The van der Waals surface area contributed by atoms with Crippen molar-refractivity contribution in [3.8, 4) is 11.5 Å². The summed E-state index contributed by atoms with van der Waals surface area (Å²) in [5.41, 5.74) is 2.07. The Bertz CT molecular complexity index is 920. The molecule has 0 saturated heterocycles. The molecule has 0 unspecified atom stereocenters. The van der Waals surface area contributed by atoms with Gasteiger partial charge in [0.25, 0.3) is 5.91 Å². The van der Waals surface area contributed by atoms with Gasteiger partial charge in [0.15, 0.2) is 6.61 Å². The van der Waals surface area contributed by atoms with E-state index in [4.69, 9.17) is 9.47 Å². The summed E-state index contributed by atoms with van der Waals surface area (Å²) in [6.45, 7) is 3.92. The number of amides is 1. The number of hydrogen-bond donors (Lipinski definition) is 1. The third-order valence-corrected chi connectivity index (χ3v) is 4.32. The monoisotopic (exact) mass is 349 g/mol. The molecule has 0 aliphatic heterocycles. The van der Waals surface area contributed by atoms with Gasteiger partial charge in [-0.15, -0.1) is 0 Å². The minimum Gasteiger partial charge on any atom is -0.496 e. The highest BCUT2D eigenvalue weighted by Gasteiger charge is 2.14. The topological polar surface area (TPSA) is 47.6 Å². The Labute approximate surface area is 153 Å². The fourth-order valence-corrected chi connectivity index (χ4v) is 2.96. The number of methoxy groups -OCH3 is 1. The van der Waals surface area contributed by atoms with Crippen LogP contribution in [0.5, 0.6) is 11.5 Å². The summed E-state index contributed by atoms with van der Waals surface area (Å²) in [6, 6.07) is 19.6. The van der Waals surface area contributed by atoms with Crippen LogP contribution in [0, 0.1) is 6.92 Å². The lowest BCUT2D eigenvalue weighted by Crippen LogP contribution is -2.31. The second-order valence-electron chi connectivity index (χ2n) is 6.33. The number of benzene rings is 3. The lowest BCUT2D eigenvalue weighted by atomic mass is 10.0. The minimum absolute atomic E-state index is 0.0309. The first kappa shape index (κ1) is 17.8. The first-order chi connectivity index (χ1) is 12.6. The molecule has 26 heavy (non-hydrogen) atoms. The molecule has 0 spiro atoms. The molecule has 0 aromatic heterocycles. The molecule has 0 saturated carbocycles. The second-order valence-corrected chi connectivity index (χ2v) is 6.33. The van der Waals surface area contributed by atoms with Crippen LogP contribution < -0.4 is 14.8 Å². The highest BCUT2D eigenvalue weighted by Crippen LogP contribution is 2.26. The highest BCUT2D eigenvalue weighted by atomic mass is 16.5. The molecule has 0 aliphatic carbocycles. The van der Waals surface area contributed by atoms with Crippen LogP contribution in [0.1, 0.15) is 24.1 Å². The lowest BCUT2D eigenvalue weighted by molar-refractivity contribution is -0.123. The smallest absolute Gasteiger partial charge is 0.258 e. The van der Waals surface area contributed by atoms with Crippen LogP contribution in [-0.2, 0) is 4.79 Å². The maximum absolute atomic E-state index is 12.3. The first-order valence-corrected chi connectivity index (χ1v) is 8.62. The Kier molecular flexibility index (Phi) is 5.42. The normalized spacial score (nSPS) is 11.8. The van der Waals surface area contributed by atoms with Gasteiger partial charge in [0.05, 0.1) is 13.2 Å². The third-order valence-electron chi connectivity index (χ3n) is 4.32. The van der Waals surface area contributed by atoms with E-state index in [1.807, 2.05) is 74.5 Å². The standard InChI is InChI=1S/C22H23NO3/c1-15-8-11-21(25-3)20(12-15)16(2)23-22(24)14-26-19-10-9-17-6-4-5-7-18(17)13-19/h4-13,16H,14H2,1-3H3,(H,23,24)/t16-/m1/s1. The van der Waals surface area contributed by atoms with Crippen molar-refractivity contribution in [2.75, 3.05) is 13.7 Å². The molecule has 0 fully saturated rings. The summed E-state index contributed by atoms with van der Waals surface area (Å²) >= 11 is 0. The Morgan fingerprint density at radius 3 is 2.58 bits per heavy atom. The number of rotatable bonds is 6. The predicted octanol–water partition coefficient (Wildman–Crippen LogP) is 4.41. The number of hydrogen-bond acceptors (Lipinski definition) is 3. The summed E-state index contributed by atoms with van der Waals surface area (Å²) in [5.74, 6) is 1.27. The summed E-state index contributed by atoms with van der Waals surface area (Å²) in [4.78, 5) is 12.3. The predicted molar refractivity (Wildman–Crippen MR) is 104 cm³/mol. The average Bonchev–Trinajstić information content (AvgIpc) is 2.66. The number of carbonyl (C=O) groups is 1. The van der Waals surface area contributed by atoms with Crippen molar-refractivity contribution in [3.63, 3.8) is 0 Å². The molecule has 0 aliphatic rings. The quantitative estimate of drug-likeness (QED) is 0.717. The van der Waals surface area contributed by atoms with E-state index in [1.54, 1.807) is 7.11 Å². The molecule has 4 heteroatoms. The Balaban J connectivity index is 1.62. The highest BCUT2D eigenvalue weighted by molar-refractivity contribution is 5.84. The van der Waals surface area contributed by atoms with Crippen LogP contribution in [0.15, 0.2) is 60.7 Å². The van der Waals surface area contributed by atoms with Gasteiger partial charge in [0.1, 0.15) is 11.5 Å². The summed E-state index contributed by atoms with van der Waals surface area (Å²) in [7, 11) is 1.63. The molecule has 3 aromatic rings. The van der Waals surface area contributed by atoms with E-state index in [-0.39, 0.29) is 18.6 Å². The van der Waals surface area contributed by atoms with E-state index < -0.39 is 0 Å². The molecule has 3 aromatic carbocycles. The zero-order valence-electron chi connectivity index (χ0n) is 15.3. The van der Waals surface area contributed by atoms with Crippen LogP contribution in [0.3, 0.4) is 0 Å². The van der Waals surface area contributed by atoms with Gasteiger partial charge in [0, 0.05) is 5.56 Å². The molecule has 0 bridgehead atoms. The third kappa shape index (κ3) is 4.14. The molecule has 1 N–H and O–H groups in total. The van der Waals surface area contributed by atoms with Gasteiger partial charge in [0.2, 0.25) is 0 Å². The Morgan fingerprint density at radius 2 is 1.81 bits per heavy atom. The van der Waals surface area contributed by atoms with Crippen molar-refractivity contribution in [1.29, 1.82) is 0 Å². The van der Waals surface area contributed by atoms with Crippen molar-refractivity contribution in [2.24, 2.45) is 0 Å². The van der Waals surface area contributed by atoms with E-state index in [9.17, 15) is 4.79 Å². The second kappa shape index (κ2) is 7.91. The van der Waals surface area contributed by atoms with Gasteiger partial charge in [-0.3, -0.25) is 4.79 Å². The van der Waals surface area contributed by atoms with Crippen LogP contribution in [0.25, 0.3) is 10.8 Å². The number of carbonyl (C=O) groups excluding carboxylic acids is 1. The van der Waals surface area contributed by atoms with Crippen LogP contribution >= 0.6 is 0 Å². The average molecular weight is 349 g/mol. The lowest BCUT2D eigenvalue weighted by Gasteiger charge is -2.18. The largest absolute Gasteiger partial charge is 0.496 e. The first-order valence-electron chi connectivity index (χ1n) is 8.62. The van der Waals surface area contributed by atoms with Crippen LogP contribution in [0.2, 0.25) is 0 Å². The number of ether oxygens (including phenoxy) is 2. The van der Waals surface area contributed by atoms with Crippen LogP contribution in [-0.4, -0.2) is 19.6 Å². The zero-order valence-corrected chi connectivity index (χ0v) is 15.3. The molecule has 134 valence electrons. The van der Waals surface area contributed by atoms with Crippen molar-refractivity contribution in [2.45, 2.75) is 19.9 Å². The molecule has 0 radical (unpaired) electrons. The maximum atomic E-state index is 12.3. The maximum Gasteiger partial charge on any atom is 0.258 e. The van der Waals surface area contributed by atoms with Crippen molar-refractivity contribution in [3.05, 3.63) is 71.8 Å². The summed E-state index contributed by atoms with van der Waals surface area (Å²) in [6.07, 6.45) is 0. The van der Waals surface area contributed by atoms with E-state index in [0.29, 0.717) is 5.75 Å².